The van der Waals surface area contributed by atoms with E-state index in [0.29, 0.717) is 24.1 Å². The number of likely N-dealkylation sites (tertiary alicyclic amines) is 1. The molecule has 0 N–H and O–H groups in total. The zero-order valence-corrected chi connectivity index (χ0v) is 13.7. The Balaban J connectivity index is 1.63. The van der Waals surface area contributed by atoms with Crippen LogP contribution in [0.4, 0.5) is 13.2 Å². The zero-order valence-electron chi connectivity index (χ0n) is 13.7. The number of hydrogen-bond donors (Lipinski definition) is 0. The van der Waals surface area contributed by atoms with Gasteiger partial charge in [0.05, 0.1) is 0 Å². The fourth-order valence-corrected chi connectivity index (χ4v) is 2.97. The molecule has 7 heteroatoms. The Hall–Kier alpha value is -2.83. The Morgan fingerprint density at radius 1 is 1.00 bits per heavy atom. The van der Waals surface area contributed by atoms with Gasteiger partial charge in [0.1, 0.15) is 11.6 Å². The number of benzene rings is 2. The van der Waals surface area contributed by atoms with Gasteiger partial charge in [-0.3, -0.25) is 9.59 Å². The summed E-state index contributed by atoms with van der Waals surface area (Å²) >= 11 is 0. The lowest BCUT2D eigenvalue weighted by atomic mass is 9.97. The summed E-state index contributed by atoms with van der Waals surface area (Å²) in [6.07, 6.45) is 0.522. The van der Waals surface area contributed by atoms with Crippen molar-refractivity contribution in [2.24, 2.45) is 5.92 Å². The van der Waals surface area contributed by atoms with Gasteiger partial charge >= 0.3 is 6.61 Å². The van der Waals surface area contributed by atoms with E-state index in [1.165, 1.54) is 48.5 Å². The normalized spacial score (nSPS) is 16.8. The summed E-state index contributed by atoms with van der Waals surface area (Å²) in [6.45, 7) is -2.23. The predicted molar refractivity (Wildman–Crippen MR) is 87.8 cm³/mol. The first kappa shape index (κ1) is 18.0. The third-order valence-corrected chi connectivity index (χ3v) is 4.30. The lowest BCUT2D eigenvalue weighted by Gasteiger charge is -2.16. The van der Waals surface area contributed by atoms with Crippen LogP contribution in [0.25, 0.3) is 0 Å². The number of ether oxygens (including phenoxy) is 1. The largest absolute Gasteiger partial charge is 0.435 e. The molecule has 2 aromatic carbocycles. The molecule has 1 fully saturated rings. The molecule has 4 nitrogen and oxygen atoms in total. The highest BCUT2D eigenvalue weighted by Crippen LogP contribution is 2.24. The van der Waals surface area contributed by atoms with Crippen molar-refractivity contribution in [2.45, 2.75) is 13.0 Å². The van der Waals surface area contributed by atoms with Crippen LogP contribution in [0.3, 0.4) is 0 Å². The molecule has 136 valence electrons. The Labute approximate surface area is 148 Å². The predicted octanol–water partition coefficient (Wildman–Crippen LogP) is 3.77. The average molecular weight is 363 g/mol. The van der Waals surface area contributed by atoms with E-state index in [1.54, 1.807) is 4.90 Å². The standard InChI is InChI=1S/C19H16F3NO3/c20-15-5-1-12(2-6-15)17(24)14-9-10-23(11-14)18(25)13-3-7-16(8-4-13)26-19(21)22/h1-8,14,19H,9-11H2. The van der Waals surface area contributed by atoms with Gasteiger partial charge in [-0.05, 0) is 55.0 Å². The van der Waals surface area contributed by atoms with Gasteiger partial charge in [0, 0.05) is 30.1 Å². The van der Waals surface area contributed by atoms with E-state index < -0.39 is 12.4 Å². The van der Waals surface area contributed by atoms with Crippen molar-refractivity contribution in [3.63, 3.8) is 0 Å². The van der Waals surface area contributed by atoms with Crippen molar-refractivity contribution in [3.8, 4) is 5.75 Å². The summed E-state index contributed by atoms with van der Waals surface area (Å²) in [5.41, 5.74) is 0.751. The maximum atomic E-state index is 13.0. The molecule has 0 aliphatic carbocycles. The van der Waals surface area contributed by atoms with Crippen LogP contribution >= 0.6 is 0 Å². The smallest absolute Gasteiger partial charge is 0.387 e. The van der Waals surface area contributed by atoms with Gasteiger partial charge in [-0.2, -0.15) is 8.78 Å². The van der Waals surface area contributed by atoms with Crippen LogP contribution in [-0.4, -0.2) is 36.3 Å². The zero-order chi connectivity index (χ0) is 18.7. The fraction of sp³-hybridized carbons (Fsp3) is 0.263. The lowest BCUT2D eigenvalue weighted by Crippen LogP contribution is -2.30. The number of rotatable bonds is 5. The minimum absolute atomic E-state index is 0.0256. The molecule has 1 heterocycles. The van der Waals surface area contributed by atoms with Crippen molar-refractivity contribution in [1.82, 2.24) is 4.90 Å². The Morgan fingerprint density at radius 2 is 1.62 bits per heavy atom. The van der Waals surface area contributed by atoms with Crippen molar-refractivity contribution < 1.29 is 27.5 Å². The number of hydrogen-bond acceptors (Lipinski definition) is 3. The number of carbonyl (C=O) groups is 2. The third-order valence-electron chi connectivity index (χ3n) is 4.30. The summed E-state index contributed by atoms with van der Waals surface area (Å²) in [5.74, 6) is -1.18. The molecule has 26 heavy (non-hydrogen) atoms. The molecule has 0 spiro atoms. The van der Waals surface area contributed by atoms with Crippen molar-refractivity contribution >= 4 is 11.7 Å². The number of amides is 1. The van der Waals surface area contributed by atoms with E-state index >= 15 is 0 Å². The van der Waals surface area contributed by atoms with Gasteiger partial charge < -0.3 is 9.64 Å². The van der Waals surface area contributed by atoms with Gasteiger partial charge in [-0.25, -0.2) is 4.39 Å². The van der Waals surface area contributed by atoms with Crippen LogP contribution in [0.2, 0.25) is 0 Å². The summed E-state index contributed by atoms with van der Waals surface area (Å²) in [5, 5.41) is 0. The highest BCUT2D eigenvalue weighted by atomic mass is 19.3. The topological polar surface area (TPSA) is 46.6 Å². The van der Waals surface area contributed by atoms with Crippen molar-refractivity contribution in [2.75, 3.05) is 13.1 Å². The number of alkyl halides is 2. The summed E-state index contributed by atoms with van der Waals surface area (Å²) in [7, 11) is 0. The Kier molecular flexibility index (Phi) is 5.25. The lowest BCUT2D eigenvalue weighted by molar-refractivity contribution is -0.0498. The number of halogens is 3. The first-order valence-electron chi connectivity index (χ1n) is 8.08. The van der Waals surface area contributed by atoms with Crippen LogP contribution in [0.5, 0.6) is 5.75 Å². The van der Waals surface area contributed by atoms with Crippen LogP contribution in [0.15, 0.2) is 48.5 Å². The molecule has 1 aliphatic heterocycles. The van der Waals surface area contributed by atoms with Gasteiger partial charge in [0.15, 0.2) is 5.78 Å². The molecule has 2 aromatic rings. The second-order valence-corrected chi connectivity index (χ2v) is 6.01. The Bertz CT molecular complexity index is 791. The van der Waals surface area contributed by atoms with E-state index in [2.05, 4.69) is 4.74 Å². The highest BCUT2D eigenvalue weighted by Gasteiger charge is 2.32. The molecule has 0 saturated carbocycles. The van der Waals surface area contributed by atoms with Gasteiger partial charge in [-0.1, -0.05) is 0 Å². The minimum atomic E-state index is -2.92. The minimum Gasteiger partial charge on any atom is -0.435 e. The van der Waals surface area contributed by atoms with Crippen LogP contribution in [-0.2, 0) is 0 Å². The van der Waals surface area contributed by atoms with Crippen LogP contribution in [0.1, 0.15) is 27.1 Å². The number of Topliss-reactive ketones (excluding diaryl/α,β-unsaturated/α-hetero) is 1. The van der Waals surface area contributed by atoms with E-state index in [9.17, 15) is 22.8 Å². The van der Waals surface area contributed by atoms with E-state index in [0.717, 1.165) is 0 Å². The molecular weight excluding hydrogens is 347 g/mol. The molecule has 1 amide bonds. The summed E-state index contributed by atoms with van der Waals surface area (Å²) < 4.78 is 41.5. The second-order valence-electron chi connectivity index (χ2n) is 6.01. The average Bonchev–Trinajstić information content (AvgIpc) is 3.11. The van der Waals surface area contributed by atoms with E-state index in [1.807, 2.05) is 0 Å². The van der Waals surface area contributed by atoms with Gasteiger partial charge in [0.2, 0.25) is 0 Å². The van der Waals surface area contributed by atoms with E-state index in [4.69, 9.17) is 0 Å². The monoisotopic (exact) mass is 363 g/mol. The maximum absolute atomic E-state index is 13.0. The first-order chi connectivity index (χ1) is 12.4. The van der Waals surface area contributed by atoms with Crippen molar-refractivity contribution in [3.05, 3.63) is 65.5 Å². The SMILES string of the molecule is O=C(c1ccc(F)cc1)C1CCN(C(=O)c2ccc(OC(F)F)cc2)C1. The van der Waals surface area contributed by atoms with Crippen LogP contribution < -0.4 is 4.74 Å². The highest BCUT2D eigenvalue weighted by molar-refractivity contribution is 5.99. The van der Waals surface area contributed by atoms with Gasteiger partial charge in [0.25, 0.3) is 5.91 Å². The molecule has 1 atom stereocenters. The summed E-state index contributed by atoms with van der Waals surface area (Å²) in [4.78, 5) is 26.5. The molecule has 1 saturated heterocycles. The molecule has 1 aliphatic rings. The molecule has 3 rings (SSSR count). The summed E-state index contributed by atoms with van der Waals surface area (Å²) in [6, 6.07) is 10.8. The van der Waals surface area contributed by atoms with E-state index in [-0.39, 0.29) is 29.9 Å². The molecule has 0 bridgehead atoms. The van der Waals surface area contributed by atoms with Crippen LogP contribution in [0, 0.1) is 11.7 Å². The third kappa shape index (κ3) is 4.04. The Morgan fingerprint density at radius 3 is 2.23 bits per heavy atom. The fourth-order valence-electron chi connectivity index (χ4n) is 2.97. The molecule has 1 unspecified atom stereocenters. The second kappa shape index (κ2) is 7.59. The first-order valence-corrected chi connectivity index (χ1v) is 8.08. The van der Waals surface area contributed by atoms with Crippen molar-refractivity contribution in [1.29, 1.82) is 0 Å². The maximum Gasteiger partial charge on any atom is 0.387 e. The van der Waals surface area contributed by atoms with Gasteiger partial charge in [-0.15, -0.1) is 0 Å². The molecule has 0 radical (unpaired) electrons. The number of carbonyl (C=O) groups excluding carboxylic acids is 2. The molecular formula is C19H16F3NO3. The quantitative estimate of drug-likeness (QED) is 0.760. The molecule has 0 aromatic heterocycles. The number of ketones is 1. The number of nitrogens with zero attached hydrogens (tertiary/aromatic N) is 1.